The lowest BCUT2D eigenvalue weighted by molar-refractivity contribution is -0.137. The van der Waals surface area contributed by atoms with Gasteiger partial charge in [0.1, 0.15) is 23.6 Å². The smallest absolute Gasteiger partial charge is 0.416 e. The molecular weight excluding hydrogens is 423 g/mol. The lowest BCUT2D eigenvalue weighted by atomic mass is 10.1. The summed E-state index contributed by atoms with van der Waals surface area (Å²) in [6, 6.07) is 16.3. The zero-order chi connectivity index (χ0) is 22.7. The van der Waals surface area contributed by atoms with Crippen LogP contribution in [0.5, 0.6) is 11.5 Å². The number of carbonyl (C=O) groups is 1. The number of alkyl halides is 3. The lowest BCUT2D eigenvalue weighted by Gasteiger charge is -2.11. The maximum absolute atomic E-state index is 12.7. The van der Waals surface area contributed by atoms with Crippen molar-refractivity contribution >= 4 is 28.4 Å². The van der Waals surface area contributed by atoms with Crippen molar-refractivity contribution in [1.82, 2.24) is 9.97 Å². The molecule has 1 heterocycles. The van der Waals surface area contributed by atoms with Crippen molar-refractivity contribution in [3.05, 3.63) is 84.2 Å². The number of aromatic nitrogens is 2. The Bertz CT molecular complexity index is 1260. The van der Waals surface area contributed by atoms with Crippen molar-refractivity contribution in [2.24, 2.45) is 0 Å². The van der Waals surface area contributed by atoms with Crippen molar-refractivity contribution in [1.29, 1.82) is 0 Å². The third-order valence-electron chi connectivity index (χ3n) is 4.59. The Morgan fingerprint density at radius 3 is 2.19 bits per heavy atom. The molecule has 0 unspecified atom stereocenters. The monoisotopic (exact) mass is 439 g/mol. The zero-order valence-electron chi connectivity index (χ0n) is 16.7. The van der Waals surface area contributed by atoms with E-state index < -0.39 is 17.7 Å². The summed E-state index contributed by atoms with van der Waals surface area (Å²) >= 11 is 0. The van der Waals surface area contributed by atoms with Crippen LogP contribution >= 0.6 is 0 Å². The van der Waals surface area contributed by atoms with Gasteiger partial charge in [-0.15, -0.1) is 0 Å². The molecule has 6 nitrogen and oxygen atoms in total. The van der Waals surface area contributed by atoms with Gasteiger partial charge in [0.2, 0.25) is 0 Å². The van der Waals surface area contributed by atoms with E-state index in [-0.39, 0.29) is 0 Å². The lowest BCUT2D eigenvalue weighted by Crippen LogP contribution is -2.04. The number of ether oxygens (including phenoxy) is 2. The average Bonchev–Trinajstić information content (AvgIpc) is 2.79. The van der Waals surface area contributed by atoms with Gasteiger partial charge in [-0.05, 0) is 66.7 Å². The minimum atomic E-state index is -4.39. The Morgan fingerprint density at radius 2 is 1.56 bits per heavy atom. The van der Waals surface area contributed by atoms with E-state index in [9.17, 15) is 18.0 Å². The molecule has 0 fully saturated rings. The van der Waals surface area contributed by atoms with Gasteiger partial charge in [-0.3, -0.25) is 0 Å². The van der Waals surface area contributed by atoms with Crippen molar-refractivity contribution in [3.8, 4) is 11.5 Å². The molecule has 0 aliphatic carbocycles. The number of benzene rings is 3. The highest BCUT2D eigenvalue weighted by atomic mass is 19.4. The molecule has 4 aromatic rings. The Morgan fingerprint density at radius 1 is 0.906 bits per heavy atom. The highest BCUT2D eigenvalue weighted by Gasteiger charge is 2.30. The summed E-state index contributed by atoms with van der Waals surface area (Å²) < 4.78 is 48.3. The number of fused-ring (bicyclic) bond motifs is 1. The van der Waals surface area contributed by atoms with E-state index in [2.05, 4.69) is 15.3 Å². The van der Waals surface area contributed by atoms with Gasteiger partial charge in [0.05, 0.1) is 23.8 Å². The largest absolute Gasteiger partial charge is 0.465 e. The molecule has 32 heavy (non-hydrogen) atoms. The van der Waals surface area contributed by atoms with E-state index in [1.807, 2.05) is 0 Å². The summed E-state index contributed by atoms with van der Waals surface area (Å²) in [5.74, 6) is 0.846. The molecule has 4 rings (SSSR count). The number of methoxy groups -OCH3 is 1. The predicted octanol–water partition coefficient (Wildman–Crippen LogP) is 5.97. The van der Waals surface area contributed by atoms with Crippen LogP contribution in [0.15, 0.2) is 73.1 Å². The standard InChI is InChI=1S/C23H16F3N3O3/c1-31-22(30)14-2-11-19-20(12-14)27-13-28-21(19)29-16-5-9-18(10-6-16)32-17-7-3-15(4-8-17)23(24,25)26/h2-13H,1H3,(H,27,28,29). The van der Waals surface area contributed by atoms with Crippen molar-refractivity contribution in [2.75, 3.05) is 12.4 Å². The van der Waals surface area contributed by atoms with Crippen LogP contribution in [0.2, 0.25) is 0 Å². The third-order valence-corrected chi connectivity index (χ3v) is 4.59. The molecule has 0 atom stereocenters. The molecule has 0 aliphatic rings. The van der Waals surface area contributed by atoms with Crippen molar-refractivity contribution < 1.29 is 27.4 Å². The summed E-state index contributed by atoms with van der Waals surface area (Å²) in [5, 5.41) is 3.89. The number of anilines is 2. The van der Waals surface area contributed by atoms with Crippen molar-refractivity contribution in [2.45, 2.75) is 6.18 Å². The second-order valence-electron chi connectivity index (χ2n) is 6.72. The maximum Gasteiger partial charge on any atom is 0.416 e. The van der Waals surface area contributed by atoms with Crippen LogP contribution in [0.1, 0.15) is 15.9 Å². The first-order chi connectivity index (χ1) is 15.3. The van der Waals surface area contributed by atoms with E-state index in [0.29, 0.717) is 39.5 Å². The van der Waals surface area contributed by atoms with Gasteiger partial charge >= 0.3 is 12.1 Å². The first-order valence-corrected chi connectivity index (χ1v) is 9.39. The SMILES string of the molecule is COC(=O)c1ccc2c(Nc3ccc(Oc4ccc(C(F)(F)F)cc4)cc3)ncnc2c1. The minimum absolute atomic E-state index is 0.293. The fourth-order valence-electron chi connectivity index (χ4n) is 2.99. The van der Waals surface area contributed by atoms with Crippen LogP contribution in [0.3, 0.4) is 0 Å². The Labute approximate surface area is 180 Å². The summed E-state index contributed by atoms with van der Waals surface area (Å²) in [6.07, 6.45) is -3.01. The summed E-state index contributed by atoms with van der Waals surface area (Å²) in [4.78, 5) is 20.2. The van der Waals surface area contributed by atoms with Gasteiger partial charge in [-0.2, -0.15) is 13.2 Å². The summed E-state index contributed by atoms with van der Waals surface area (Å²) in [5.41, 5.74) is 0.934. The number of rotatable bonds is 5. The Kier molecular flexibility index (Phi) is 5.63. The topological polar surface area (TPSA) is 73.3 Å². The minimum Gasteiger partial charge on any atom is -0.465 e. The highest BCUT2D eigenvalue weighted by molar-refractivity contribution is 5.97. The molecule has 0 amide bonds. The first-order valence-electron chi connectivity index (χ1n) is 9.39. The van der Waals surface area contributed by atoms with Crippen LogP contribution in [0.4, 0.5) is 24.7 Å². The molecule has 162 valence electrons. The van der Waals surface area contributed by atoms with E-state index in [1.165, 1.54) is 25.6 Å². The molecule has 9 heteroatoms. The Balaban J connectivity index is 1.49. The molecule has 0 spiro atoms. The maximum atomic E-state index is 12.7. The second kappa shape index (κ2) is 8.54. The van der Waals surface area contributed by atoms with Gasteiger partial charge in [0, 0.05) is 11.1 Å². The number of hydrogen-bond acceptors (Lipinski definition) is 6. The van der Waals surface area contributed by atoms with Gasteiger partial charge in [0.25, 0.3) is 0 Å². The fourth-order valence-corrected chi connectivity index (χ4v) is 2.99. The predicted molar refractivity (Wildman–Crippen MR) is 112 cm³/mol. The number of nitrogens with one attached hydrogen (secondary N) is 1. The van der Waals surface area contributed by atoms with E-state index in [4.69, 9.17) is 9.47 Å². The molecule has 0 saturated carbocycles. The molecule has 0 bridgehead atoms. The van der Waals surface area contributed by atoms with E-state index >= 15 is 0 Å². The van der Waals surface area contributed by atoms with Crippen molar-refractivity contribution in [3.63, 3.8) is 0 Å². The molecule has 0 saturated heterocycles. The van der Waals surface area contributed by atoms with Crippen LogP contribution in [0.25, 0.3) is 10.9 Å². The van der Waals surface area contributed by atoms with Crippen LogP contribution < -0.4 is 10.1 Å². The van der Waals surface area contributed by atoms with Gasteiger partial charge < -0.3 is 14.8 Å². The normalized spacial score (nSPS) is 11.2. The molecule has 0 radical (unpaired) electrons. The molecule has 3 aromatic carbocycles. The van der Waals surface area contributed by atoms with Crippen LogP contribution in [-0.4, -0.2) is 23.0 Å². The molecule has 1 aromatic heterocycles. The summed E-state index contributed by atoms with van der Waals surface area (Å²) in [6.45, 7) is 0. The molecule has 1 N–H and O–H groups in total. The number of nitrogens with zero attached hydrogens (tertiary/aromatic N) is 2. The first kappa shape index (κ1) is 21.1. The summed E-state index contributed by atoms with van der Waals surface area (Å²) in [7, 11) is 1.31. The second-order valence-corrected chi connectivity index (χ2v) is 6.72. The third kappa shape index (κ3) is 4.61. The van der Waals surface area contributed by atoms with Crippen LogP contribution in [-0.2, 0) is 10.9 Å². The van der Waals surface area contributed by atoms with Gasteiger partial charge in [0.15, 0.2) is 0 Å². The Hall–Kier alpha value is -4.14. The quantitative estimate of drug-likeness (QED) is 0.386. The van der Waals surface area contributed by atoms with Gasteiger partial charge in [-0.25, -0.2) is 14.8 Å². The number of halogens is 3. The molecule has 0 aliphatic heterocycles. The number of carbonyl (C=O) groups excluding carboxylic acids is 1. The number of hydrogen-bond donors (Lipinski definition) is 1. The van der Waals surface area contributed by atoms with Gasteiger partial charge in [-0.1, -0.05) is 0 Å². The number of esters is 1. The van der Waals surface area contributed by atoms with E-state index in [1.54, 1.807) is 42.5 Å². The van der Waals surface area contributed by atoms with E-state index in [0.717, 1.165) is 12.1 Å². The highest BCUT2D eigenvalue weighted by Crippen LogP contribution is 2.32. The fraction of sp³-hybridized carbons (Fsp3) is 0.0870. The van der Waals surface area contributed by atoms with Crippen LogP contribution in [0, 0.1) is 0 Å². The zero-order valence-corrected chi connectivity index (χ0v) is 16.7. The average molecular weight is 439 g/mol. The molecular formula is C23H16F3N3O3.